The van der Waals surface area contributed by atoms with Crippen molar-refractivity contribution in [3.05, 3.63) is 29.8 Å². The molecular formula is C10H12N2O2. The number of β-amino-alcohol motifs (C(OH)–C–C–N with tert-alkyl or cyclic N) is 1. The summed E-state index contributed by atoms with van der Waals surface area (Å²) >= 11 is 0. The molecule has 4 heteroatoms. The van der Waals surface area contributed by atoms with E-state index < -0.39 is 5.91 Å². The van der Waals surface area contributed by atoms with Gasteiger partial charge in [-0.05, 0) is 24.3 Å². The highest BCUT2D eigenvalue weighted by molar-refractivity contribution is 5.93. The van der Waals surface area contributed by atoms with Crippen molar-refractivity contribution in [2.45, 2.75) is 6.10 Å². The molecule has 0 radical (unpaired) electrons. The van der Waals surface area contributed by atoms with Crippen molar-refractivity contribution in [3.63, 3.8) is 0 Å². The number of amides is 1. The maximum atomic E-state index is 10.8. The third kappa shape index (κ3) is 1.56. The number of carbonyl (C=O) groups excluding carboxylic acids is 1. The quantitative estimate of drug-likeness (QED) is 0.691. The molecule has 1 aromatic carbocycles. The fourth-order valence-corrected chi connectivity index (χ4v) is 1.50. The van der Waals surface area contributed by atoms with E-state index in [-0.39, 0.29) is 6.10 Å². The third-order valence-corrected chi connectivity index (χ3v) is 2.38. The maximum Gasteiger partial charge on any atom is 0.248 e. The van der Waals surface area contributed by atoms with Crippen LogP contribution in [-0.4, -0.2) is 30.2 Å². The van der Waals surface area contributed by atoms with Gasteiger partial charge in [0.15, 0.2) is 0 Å². The van der Waals surface area contributed by atoms with Gasteiger partial charge in [-0.25, -0.2) is 0 Å². The molecular weight excluding hydrogens is 180 g/mol. The largest absolute Gasteiger partial charge is 0.389 e. The first-order valence-corrected chi connectivity index (χ1v) is 4.49. The Morgan fingerprint density at radius 3 is 2.36 bits per heavy atom. The van der Waals surface area contributed by atoms with Gasteiger partial charge in [-0.2, -0.15) is 0 Å². The smallest absolute Gasteiger partial charge is 0.248 e. The molecule has 0 atom stereocenters. The second-order valence-corrected chi connectivity index (χ2v) is 3.47. The second-order valence-electron chi connectivity index (χ2n) is 3.47. The standard InChI is InChI=1S/C10H12N2O2/c11-10(14)7-1-3-8(4-2-7)12-5-9(13)6-12/h1-4,9,13H,5-6H2,(H2,11,14). The fraction of sp³-hybridized carbons (Fsp3) is 0.300. The van der Waals surface area contributed by atoms with E-state index in [2.05, 4.69) is 0 Å². The van der Waals surface area contributed by atoms with Crippen LogP contribution in [0.25, 0.3) is 0 Å². The summed E-state index contributed by atoms with van der Waals surface area (Å²) < 4.78 is 0. The van der Waals surface area contributed by atoms with Gasteiger partial charge >= 0.3 is 0 Å². The van der Waals surface area contributed by atoms with E-state index in [1.54, 1.807) is 12.1 Å². The van der Waals surface area contributed by atoms with Crippen LogP contribution in [0.1, 0.15) is 10.4 Å². The molecule has 0 unspecified atom stereocenters. The lowest BCUT2D eigenvalue weighted by Crippen LogP contribution is -2.50. The number of anilines is 1. The van der Waals surface area contributed by atoms with E-state index in [4.69, 9.17) is 10.8 Å². The minimum absolute atomic E-state index is 0.217. The van der Waals surface area contributed by atoms with Gasteiger partial charge in [-0.1, -0.05) is 0 Å². The lowest BCUT2D eigenvalue weighted by Gasteiger charge is -2.37. The zero-order valence-electron chi connectivity index (χ0n) is 7.68. The summed E-state index contributed by atoms with van der Waals surface area (Å²) in [5.74, 6) is -0.416. The molecule has 1 amide bonds. The zero-order valence-corrected chi connectivity index (χ0v) is 7.68. The molecule has 3 N–H and O–H groups in total. The van der Waals surface area contributed by atoms with Crippen LogP contribution in [0.5, 0.6) is 0 Å². The van der Waals surface area contributed by atoms with Gasteiger partial charge in [-0.15, -0.1) is 0 Å². The number of aliphatic hydroxyl groups excluding tert-OH is 1. The first-order valence-electron chi connectivity index (χ1n) is 4.49. The van der Waals surface area contributed by atoms with Crippen LogP contribution in [0.4, 0.5) is 5.69 Å². The number of benzene rings is 1. The molecule has 74 valence electrons. The molecule has 0 spiro atoms. The number of hydrogen-bond donors (Lipinski definition) is 2. The highest BCUT2D eigenvalue weighted by Gasteiger charge is 2.24. The number of primary amides is 1. The molecule has 1 aliphatic heterocycles. The molecule has 4 nitrogen and oxygen atoms in total. The van der Waals surface area contributed by atoms with E-state index in [0.29, 0.717) is 18.7 Å². The van der Waals surface area contributed by atoms with Gasteiger partial charge in [0.2, 0.25) is 5.91 Å². The zero-order chi connectivity index (χ0) is 10.1. The average molecular weight is 192 g/mol. The Balaban J connectivity index is 2.10. The van der Waals surface area contributed by atoms with Crippen molar-refractivity contribution in [2.75, 3.05) is 18.0 Å². The van der Waals surface area contributed by atoms with Gasteiger partial charge in [0, 0.05) is 24.3 Å². The van der Waals surface area contributed by atoms with E-state index >= 15 is 0 Å². The monoisotopic (exact) mass is 192 g/mol. The molecule has 0 aliphatic carbocycles. The number of rotatable bonds is 2. The first-order chi connectivity index (χ1) is 6.66. The Morgan fingerprint density at radius 1 is 1.36 bits per heavy atom. The van der Waals surface area contributed by atoms with Crippen molar-refractivity contribution in [1.82, 2.24) is 0 Å². The average Bonchev–Trinajstić information content (AvgIpc) is 2.13. The van der Waals surface area contributed by atoms with Gasteiger partial charge in [-0.3, -0.25) is 4.79 Å². The van der Waals surface area contributed by atoms with Gasteiger partial charge < -0.3 is 15.7 Å². The molecule has 0 saturated carbocycles. The van der Waals surface area contributed by atoms with Crippen molar-refractivity contribution in [3.8, 4) is 0 Å². The maximum absolute atomic E-state index is 10.8. The van der Waals surface area contributed by atoms with Gasteiger partial charge in [0.05, 0.1) is 6.10 Å². The molecule has 1 heterocycles. The topological polar surface area (TPSA) is 66.6 Å². The number of nitrogens with two attached hydrogens (primary N) is 1. The predicted molar refractivity (Wildman–Crippen MR) is 53.2 cm³/mol. The van der Waals surface area contributed by atoms with Crippen LogP contribution in [0.3, 0.4) is 0 Å². The summed E-state index contributed by atoms with van der Waals surface area (Å²) in [6.07, 6.45) is -0.217. The SMILES string of the molecule is NC(=O)c1ccc(N2CC(O)C2)cc1. The van der Waals surface area contributed by atoms with Crippen LogP contribution in [0.15, 0.2) is 24.3 Å². The van der Waals surface area contributed by atoms with Crippen LogP contribution < -0.4 is 10.6 Å². The Bertz CT molecular complexity index is 342. The second kappa shape index (κ2) is 3.31. The van der Waals surface area contributed by atoms with Crippen molar-refractivity contribution < 1.29 is 9.90 Å². The highest BCUT2D eigenvalue weighted by atomic mass is 16.3. The van der Waals surface area contributed by atoms with Crippen LogP contribution in [0.2, 0.25) is 0 Å². The Hall–Kier alpha value is -1.55. The molecule has 0 aromatic heterocycles. The van der Waals surface area contributed by atoms with Gasteiger partial charge in [0.25, 0.3) is 0 Å². The Morgan fingerprint density at radius 2 is 1.93 bits per heavy atom. The van der Waals surface area contributed by atoms with Crippen LogP contribution in [-0.2, 0) is 0 Å². The van der Waals surface area contributed by atoms with E-state index in [9.17, 15) is 4.79 Å². The van der Waals surface area contributed by atoms with E-state index in [1.807, 2.05) is 17.0 Å². The molecule has 2 rings (SSSR count). The van der Waals surface area contributed by atoms with Crippen molar-refractivity contribution >= 4 is 11.6 Å². The number of carbonyl (C=O) groups is 1. The Kier molecular flexibility index (Phi) is 2.13. The summed E-state index contributed by atoms with van der Waals surface area (Å²) in [6.45, 7) is 1.33. The molecule has 1 saturated heterocycles. The molecule has 1 aromatic rings. The number of aliphatic hydroxyl groups is 1. The summed E-state index contributed by atoms with van der Waals surface area (Å²) in [6, 6.07) is 7.07. The summed E-state index contributed by atoms with van der Waals surface area (Å²) in [7, 11) is 0. The number of nitrogens with zero attached hydrogens (tertiary/aromatic N) is 1. The summed E-state index contributed by atoms with van der Waals surface area (Å²) in [4.78, 5) is 12.8. The molecule has 1 fully saturated rings. The Labute approximate surface area is 81.9 Å². The van der Waals surface area contributed by atoms with Crippen molar-refractivity contribution in [2.24, 2.45) is 5.73 Å². The first kappa shape index (κ1) is 9.02. The summed E-state index contributed by atoms with van der Waals surface area (Å²) in [5.41, 5.74) is 6.64. The van der Waals surface area contributed by atoms with Gasteiger partial charge in [0.1, 0.15) is 0 Å². The minimum atomic E-state index is -0.416. The fourth-order valence-electron chi connectivity index (χ4n) is 1.50. The minimum Gasteiger partial charge on any atom is -0.389 e. The highest BCUT2D eigenvalue weighted by Crippen LogP contribution is 2.20. The number of hydrogen-bond acceptors (Lipinski definition) is 3. The summed E-state index contributed by atoms with van der Waals surface area (Å²) in [5, 5.41) is 9.11. The molecule has 14 heavy (non-hydrogen) atoms. The van der Waals surface area contributed by atoms with Crippen molar-refractivity contribution in [1.29, 1.82) is 0 Å². The predicted octanol–water partition coefficient (Wildman–Crippen LogP) is -0.0336. The van der Waals surface area contributed by atoms with Crippen LogP contribution in [0, 0.1) is 0 Å². The lowest BCUT2D eigenvalue weighted by atomic mass is 10.1. The van der Waals surface area contributed by atoms with E-state index in [0.717, 1.165) is 5.69 Å². The van der Waals surface area contributed by atoms with E-state index in [1.165, 1.54) is 0 Å². The lowest BCUT2D eigenvalue weighted by molar-refractivity contribution is 0.1000. The normalized spacial score (nSPS) is 16.5. The molecule has 1 aliphatic rings. The molecule has 0 bridgehead atoms. The van der Waals surface area contributed by atoms with Crippen LogP contribution >= 0.6 is 0 Å². The third-order valence-electron chi connectivity index (χ3n) is 2.38.